The van der Waals surface area contributed by atoms with Gasteiger partial charge in [-0.2, -0.15) is 0 Å². The van der Waals surface area contributed by atoms with Crippen LogP contribution < -0.4 is 0 Å². The zero-order valence-corrected chi connectivity index (χ0v) is 14.0. The van der Waals surface area contributed by atoms with Crippen molar-refractivity contribution < 1.29 is 19.1 Å². The molecule has 1 aromatic carbocycles. The van der Waals surface area contributed by atoms with Gasteiger partial charge in [0.05, 0.1) is 5.92 Å². The highest BCUT2D eigenvalue weighted by atomic mass is 19.1. The number of carbonyl (C=O) groups excluding carboxylic acids is 1. The number of carboxylic acid groups (broad SMARTS) is 1. The van der Waals surface area contributed by atoms with Crippen molar-refractivity contribution in [3.8, 4) is 0 Å². The SMILES string of the molecule is CC1CC(c2ccc(F)cc2)CN1C(=O)C1CCC(C(=O)O)CC1. The van der Waals surface area contributed by atoms with Crippen molar-refractivity contribution in [1.82, 2.24) is 4.90 Å². The van der Waals surface area contributed by atoms with E-state index in [1.807, 2.05) is 4.90 Å². The van der Waals surface area contributed by atoms with E-state index >= 15 is 0 Å². The summed E-state index contributed by atoms with van der Waals surface area (Å²) in [6.07, 6.45) is 3.41. The van der Waals surface area contributed by atoms with Gasteiger partial charge in [0.15, 0.2) is 0 Å². The second kappa shape index (κ2) is 6.91. The van der Waals surface area contributed by atoms with Gasteiger partial charge in [0.25, 0.3) is 0 Å². The summed E-state index contributed by atoms with van der Waals surface area (Å²) in [6.45, 7) is 2.73. The van der Waals surface area contributed by atoms with E-state index in [9.17, 15) is 14.0 Å². The third-order valence-electron chi connectivity index (χ3n) is 5.62. The fourth-order valence-electron chi connectivity index (χ4n) is 4.14. The number of nitrogens with zero attached hydrogens (tertiary/aromatic N) is 1. The van der Waals surface area contributed by atoms with Gasteiger partial charge in [-0.3, -0.25) is 9.59 Å². The van der Waals surface area contributed by atoms with E-state index in [-0.39, 0.29) is 35.5 Å². The standard InChI is InChI=1S/C19H24FNO3/c1-12-10-16(13-6-8-17(20)9-7-13)11-21(12)18(22)14-2-4-15(5-3-14)19(23)24/h6-9,12,14-16H,2-5,10-11H2,1H3,(H,23,24). The highest BCUT2D eigenvalue weighted by Gasteiger charge is 2.38. The van der Waals surface area contributed by atoms with Crippen molar-refractivity contribution in [2.75, 3.05) is 6.54 Å². The first-order valence-electron chi connectivity index (χ1n) is 8.74. The molecule has 1 saturated heterocycles. The summed E-state index contributed by atoms with van der Waals surface area (Å²) >= 11 is 0. The fourth-order valence-corrected chi connectivity index (χ4v) is 4.14. The van der Waals surface area contributed by atoms with Crippen LogP contribution in [0.15, 0.2) is 24.3 Å². The zero-order chi connectivity index (χ0) is 17.3. The molecule has 4 nitrogen and oxygen atoms in total. The number of halogens is 1. The van der Waals surface area contributed by atoms with Gasteiger partial charge in [-0.1, -0.05) is 12.1 Å². The quantitative estimate of drug-likeness (QED) is 0.922. The van der Waals surface area contributed by atoms with Gasteiger partial charge in [0.1, 0.15) is 5.82 Å². The molecular weight excluding hydrogens is 309 g/mol. The lowest BCUT2D eigenvalue weighted by atomic mass is 9.81. The summed E-state index contributed by atoms with van der Waals surface area (Å²) in [4.78, 5) is 25.8. The lowest BCUT2D eigenvalue weighted by molar-refractivity contribution is -0.145. The highest BCUT2D eigenvalue weighted by Crippen LogP contribution is 2.36. The van der Waals surface area contributed by atoms with E-state index in [2.05, 4.69) is 6.92 Å². The summed E-state index contributed by atoms with van der Waals surface area (Å²) in [6, 6.07) is 6.72. The Kier molecular flexibility index (Phi) is 4.88. The molecule has 24 heavy (non-hydrogen) atoms. The van der Waals surface area contributed by atoms with Crippen LogP contribution in [0.25, 0.3) is 0 Å². The molecule has 0 aromatic heterocycles. The lowest BCUT2D eigenvalue weighted by Crippen LogP contribution is -2.40. The maximum atomic E-state index is 13.1. The number of hydrogen-bond donors (Lipinski definition) is 1. The van der Waals surface area contributed by atoms with Crippen molar-refractivity contribution in [3.63, 3.8) is 0 Å². The maximum Gasteiger partial charge on any atom is 0.306 e. The van der Waals surface area contributed by atoms with Crippen molar-refractivity contribution in [3.05, 3.63) is 35.6 Å². The molecule has 1 heterocycles. The summed E-state index contributed by atoms with van der Waals surface area (Å²) in [7, 11) is 0. The molecule has 1 amide bonds. The molecule has 2 aliphatic rings. The minimum atomic E-state index is -0.744. The Balaban J connectivity index is 1.62. The molecule has 1 aliphatic heterocycles. The fraction of sp³-hybridized carbons (Fsp3) is 0.579. The monoisotopic (exact) mass is 333 g/mol. The molecule has 130 valence electrons. The Morgan fingerprint density at radius 2 is 1.67 bits per heavy atom. The summed E-state index contributed by atoms with van der Waals surface area (Å²) in [5.41, 5.74) is 1.08. The molecule has 0 radical (unpaired) electrons. The van der Waals surface area contributed by atoms with Gasteiger partial charge in [0.2, 0.25) is 5.91 Å². The second-order valence-corrected chi connectivity index (χ2v) is 7.21. The first-order valence-corrected chi connectivity index (χ1v) is 8.74. The first kappa shape index (κ1) is 16.9. The molecule has 1 saturated carbocycles. The summed E-state index contributed by atoms with van der Waals surface area (Å²) in [5.74, 6) is -0.914. The number of aliphatic carboxylic acids is 1. The van der Waals surface area contributed by atoms with Crippen LogP contribution in [-0.2, 0) is 9.59 Å². The molecule has 2 unspecified atom stereocenters. The predicted octanol–water partition coefficient (Wildman–Crippen LogP) is 3.42. The third-order valence-corrected chi connectivity index (χ3v) is 5.62. The Morgan fingerprint density at radius 3 is 2.25 bits per heavy atom. The van der Waals surface area contributed by atoms with E-state index < -0.39 is 5.97 Å². The van der Waals surface area contributed by atoms with Crippen LogP contribution in [0.5, 0.6) is 0 Å². The Hall–Kier alpha value is -1.91. The predicted molar refractivity (Wildman–Crippen MR) is 88.0 cm³/mol. The Bertz CT molecular complexity index is 608. The average molecular weight is 333 g/mol. The minimum absolute atomic E-state index is 0.0463. The highest BCUT2D eigenvalue weighted by molar-refractivity contribution is 5.80. The molecule has 3 rings (SSSR count). The largest absolute Gasteiger partial charge is 0.481 e. The first-order chi connectivity index (χ1) is 11.5. The van der Waals surface area contributed by atoms with E-state index in [4.69, 9.17) is 5.11 Å². The molecule has 2 fully saturated rings. The van der Waals surface area contributed by atoms with E-state index in [1.165, 1.54) is 12.1 Å². The third kappa shape index (κ3) is 3.45. The van der Waals surface area contributed by atoms with Crippen LogP contribution in [-0.4, -0.2) is 34.5 Å². The molecule has 5 heteroatoms. The number of carboxylic acids is 1. The van der Waals surface area contributed by atoms with E-state index in [0.717, 1.165) is 12.0 Å². The van der Waals surface area contributed by atoms with Crippen LogP contribution in [0.2, 0.25) is 0 Å². The van der Waals surface area contributed by atoms with Gasteiger partial charge >= 0.3 is 5.97 Å². The topological polar surface area (TPSA) is 57.6 Å². The number of benzene rings is 1. The maximum absolute atomic E-state index is 13.1. The van der Waals surface area contributed by atoms with Crippen molar-refractivity contribution in [2.24, 2.45) is 11.8 Å². The van der Waals surface area contributed by atoms with Gasteiger partial charge in [-0.05, 0) is 56.7 Å². The van der Waals surface area contributed by atoms with Crippen molar-refractivity contribution >= 4 is 11.9 Å². The molecule has 0 bridgehead atoms. The van der Waals surface area contributed by atoms with Crippen molar-refractivity contribution in [1.29, 1.82) is 0 Å². The van der Waals surface area contributed by atoms with E-state index in [0.29, 0.717) is 32.2 Å². The number of amides is 1. The molecule has 1 N–H and O–H groups in total. The average Bonchev–Trinajstić information content (AvgIpc) is 2.96. The normalized spacial score (nSPS) is 30.3. The number of hydrogen-bond acceptors (Lipinski definition) is 2. The summed E-state index contributed by atoms with van der Waals surface area (Å²) in [5, 5.41) is 9.07. The van der Waals surface area contributed by atoms with Crippen LogP contribution in [0.1, 0.15) is 50.5 Å². The number of likely N-dealkylation sites (tertiary alicyclic amines) is 1. The number of carbonyl (C=O) groups is 2. The Labute approximate surface area is 141 Å². The molecule has 1 aliphatic carbocycles. The van der Waals surface area contributed by atoms with Crippen LogP contribution in [0, 0.1) is 17.7 Å². The van der Waals surface area contributed by atoms with Crippen molar-refractivity contribution in [2.45, 2.75) is 51.0 Å². The number of rotatable bonds is 3. The smallest absolute Gasteiger partial charge is 0.306 e. The second-order valence-electron chi connectivity index (χ2n) is 7.21. The van der Waals surface area contributed by atoms with Crippen LogP contribution in [0.4, 0.5) is 4.39 Å². The van der Waals surface area contributed by atoms with Gasteiger partial charge in [0, 0.05) is 24.4 Å². The minimum Gasteiger partial charge on any atom is -0.481 e. The summed E-state index contributed by atoms with van der Waals surface area (Å²) < 4.78 is 13.1. The molecule has 0 spiro atoms. The lowest BCUT2D eigenvalue weighted by Gasteiger charge is -2.31. The van der Waals surface area contributed by atoms with Gasteiger partial charge in [-0.15, -0.1) is 0 Å². The van der Waals surface area contributed by atoms with Crippen LogP contribution >= 0.6 is 0 Å². The molecular formula is C19H24FNO3. The van der Waals surface area contributed by atoms with Crippen LogP contribution in [0.3, 0.4) is 0 Å². The van der Waals surface area contributed by atoms with E-state index in [1.54, 1.807) is 12.1 Å². The zero-order valence-electron chi connectivity index (χ0n) is 14.0. The Morgan fingerprint density at radius 1 is 1.08 bits per heavy atom. The van der Waals surface area contributed by atoms with Gasteiger partial charge in [-0.25, -0.2) is 4.39 Å². The van der Waals surface area contributed by atoms with Gasteiger partial charge < -0.3 is 10.0 Å². The molecule has 2 atom stereocenters. The molecule has 1 aromatic rings.